The van der Waals surface area contributed by atoms with Gasteiger partial charge in [0.15, 0.2) is 0 Å². The molecule has 0 saturated heterocycles. The third kappa shape index (κ3) is 4.27. The summed E-state index contributed by atoms with van der Waals surface area (Å²) in [4.78, 5) is 23.5. The fourth-order valence-corrected chi connectivity index (χ4v) is 3.96. The number of likely N-dealkylation sites (N-methyl/N-ethyl adjacent to an activating group) is 1. The summed E-state index contributed by atoms with van der Waals surface area (Å²) < 4.78 is 82.1. The van der Waals surface area contributed by atoms with E-state index in [-0.39, 0.29) is 35.0 Å². The van der Waals surface area contributed by atoms with Gasteiger partial charge in [0.05, 0.1) is 22.5 Å². The summed E-state index contributed by atoms with van der Waals surface area (Å²) in [6.07, 6.45) is -3.97. The molecule has 5 nitrogen and oxygen atoms in total. The van der Waals surface area contributed by atoms with E-state index < -0.39 is 46.2 Å². The summed E-state index contributed by atoms with van der Waals surface area (Å²) in [6, 6.07) is 2.89. The first kappa shape index (κ1) is 23.8. The zero-order valence-electron chi connectivity index (χ0n) is 17.6. The summed E-state index contributed by atoms with van der Waals surface area (Å²) >= 11 is 5.73. The zero-order chi connectivity index (χ0) is 24.9. The molecule has 0 saturated carbocycles. The first-order valence-electron chi connectivity index (χ1n) is 9.78. The van der Waals surface area contributed by atoms with Gasteiger partial charge in [-0.1, -0.05) is 11.6 Å². The van der Waals surface area contributed by atoms with Crippen molar-refractivity contribution in [3.8, 4) is 0 Å². The molecule has 0 bridgehead atoms. The van der Waals surface area contributed by atoms with Gasteiger partial charge in [0.2, 0.25) is 5.91 Å². The van der Waals surface area contributed by atoms with Gasteiger partial charge < -0.3 is 4.90 Å². The molecule has 0 N–H and O–H groups in total. The average molecular weight is 501 g/mol. The molecule has 1 unspecified atom stereocenters. The van der Waals surface area contributed by atoms with Crippen LogP contribution >= 0.6 is 11.6 Å². The van der Waals surface area contributed by atoms with Crippen LogP contribution in [-0.4, -0.2) is 29.0 Å². The molecule has 0 aliphatic carbocycles. The van der Waals surface area contributed by atoms with Crippen molar-refractivity contribution in [2.75, 3.05) is 16.8 Å². The normalized spacial score (nSPS) is 15.4. The topological polar surface area (TPSA) is 49.3 Å². The first-order valence-corrected chi connectivity index (χ1v) is 10.2. The highest BCUT2D eigenvalue weighted by molar-refractivity contribution is 6.31. The molecule has 1 aliphatic rings. The van der Waals surface area contributed by atoms with Gasteiger partial charge in [-0.3, -0.25) is 9.69 Å². The maximum absolute atomic E-state index is 14.4. The van der Waals surface area contributed by atoms with Crippen LogP contribution in [0.5, 0.6) is 0 Å². The number of pyridine rings is 2. The van der Waals surface area contributed by atoms with Crippen LogP contribution in [0.25, 0.3) is 0 Å². The highest BCUT2D eigenvalue weighted by atomic mass is 35.5. The van der Waals surface area contributed by atoms with Crippen molar-refractivity contribution in [1.82, 2.24) is 9.97 Å². The van der Waals surface area contributed by atoms with E-state index in [4.69, 9.17) is 11.6 Å². The van der Waals surface area contributed by atoms with Crippen molar-refractivity contribution in [3.63, 3.8) is 0 Å². The van der Waals surface area contributed by atoms with Crippen molar-refractivity contribution in [3.05, 3.63) is 75.8 Å². The van der Waals surface area contributed by atoms with E-state index in [1.807, 2.05) is 0 Å². The minimum Gasteiger partial charge on any atom is -0.311 e. The number of fused-ring (bicyclic) bond motifs is 1. The lowest BCUT2D eigenvalue weighted by atomic mass is 10.1. The Morgan fingerprint density at radius 2 is 1.82 bits per heavy atom. The molecule has 0 fully saturated rings. The number of nitrogens with zero attached hydrogens (tertiary/aromatic N) is 4. The maximum atomic E-state index is 14.4. The largest absolute Gasteiger partial charge is 0.416 e. The van der Waals surface area contributed by atoms with Crippen LogP contribution in [-0.2, 0) is 17.4 Å². The van der Waals surface area contributed by atoms with E-state index in [1.54, 1.807) is 0 Å². The smallest absolute Gasteiger partial charge is 0.311 e. The first-order chi connectivity index (χ1) is 15.9. The molecule has 1 atom stereocenters. The summed E-state index contributed by atoms with van der Waals surface area (Å²) in [7, 11) is 1.20. The molecule has 0 spiro atoms. The Kier molecular flexibility index (Phi) is 5.92. The molecule has 3 aromatic rings. The fraction of sp³-hybridized carbons (Fsp3) is 0.227. The molecular formula is C22H15ClF6N4O. The monoisotopic (exact) mass is 500 g/mol. The van der Waals surface area contributed by atoms with Crippen molar-refractivity contribution < 1.29 is 31.1 Å². The van der Waals surface area contributed by atoms with Gasteiger partial charge in [-0.15, -0.1) is 0 Å². The van der Waals surface area contributed by atoms with Gasteiger partial charge in [0, 0.05) is 30.8 Å². The van der Waals surface area contributed by atoms with Crippen molar-refractivity contribution in [2.24, 2.45) is 0 Å². The molecule has 4 rings (SSSR count). The third-order valence-electron chi connectivity index (χ3n) is 5.34. The van der Waals surface area contributed by atoms with Crippen LogP contribution in [0.3, 0.4) is 0 Å². The molecular weight excluding hydrogens is 486 g/mol. The van der Waals surface area contributed by atoms with Crippen molar-refractivity contribution in [2.45, 2.75) is 25.6 Å². The fourth-order valence-electron chi connectivity index (χ4n) is 3.80. The van der Waals surface area contributed by atoms with Crippen LogP contribution in [0, 0.1) is 24.4 Å². The molecule has 1 aliphatic heterocycles. The Bertz CT molecular complexity index is 1300. The van der Waals surface area contributed by atoms with Crippen LogP contribution in [0.15, 0.2) is 36.5 Å². The number of anilines is 3. The molecule has 34 heavy (non-hydrogen) atoms. The van der Waals surface area contributed by atoms with Crippen molar-refractivity contribution in [1.29, 1.82) is 0 Å². The van der Waals surface area contributed by atoms with Gasteiger partial charge in [-0.05, 0) is 31.2 Å². The number of carbonyl (C=O) groups is 1. The standard InChI is InChI=1S/C22H15ClF6N4O/c1-10-3-12(22(27,28)29)6-19(31-10)33-18(5-11-4-13(24)9-30-20(11)33)21(34)32(2)17-7-14(23)15(25)8-16(17)26/h3-4,6-9,18H,5H2,1-2H3. The Morgan fingerprint density at radius 3 is 2.50 bits per heavy atom. The minimum atomic E-state index is -4.69. The lowest BCUT2D eigenvalue weighted by Gasteiger charge is -2.29. The van der Waals surface area contributed by atoms with E-state index in [1.165, 1.54) is 14.0 Å². The van der Waals surface area contributed by atoms with Gasteiger partial charge in [0.25, 0.3) is 0 Å². The van der Waals surface area contributed by atoms with Crippen LogP contribution < -0.4 is 9.80 Å². The predicted octanol–water partition coefficient (Wildman–Crippen LogP) is 5.60. The quantitative estimate of drug-likeness (QED) is 0.347. The molecule has 178 valence electrons. The Labute approximate surface area is 194 Å². The number of hydrogen-bond donors (Lipinski definition) is 0. The summed E-state index contributed by atoms with van der Waals surface area (Å²) in [5.74, 6) is -3.79. The average Bonchev–Trinajstić information content (AvgIpc) is 3.12. The van der Waals surface area contributed by atoms with E-state index in [9.17, 15) is 31.1 Å². The number of rotatable bonds is 3. The Morgan fingerprint density at radius 1 is 1.12 bits per heavy atom. The Balaban J connectivity index is 1.82. The third-order valence-corrected chi connectivity index (χ3v) is 5.63. The summed E-state index contributed by atoms with van der Waals surface area (Å²) in [6.45, 7) is 1.35. The molecule has 3 heterocycles. The molecule has 1 amide bonds. The number of halogens is 7. The maximum Gasteiger partial charge on any atom is 0.416 e. The number of carbonyl (C=O) groups excluding carboxylic acids is 1. The second kappa shape index (κ2) is 8.46. The zero-order valence-corrected chi connectivity index (χ0v) is 18.3. The predicted molar refractivity (Wildman–Crippen MR) is 113 cm³/mol. The van der Waals surface area contributed by atoms with Crippen molar-refractivity contribution >= 4 is 34.8 Å². The molecule has 2 aromatic heterocycles. The number of alkyl halides is 3. The van der Waals surface area contributed by atoms with Gasteiger partial charge in [-0.25, -0.2) is 23.1 Å². The van der Waals surface area contributed by atoms with Gasteiger partial charge in [0.1, 0.15) is 35.1 Å². The van der Waals surface area contributed by atoms with Gasteiger partial charge >= 0.3 is 6.18 Å². The van der Waals surface area contributed by atoms with Crippen LogP contribution in [0.2, 0.25) is 5.02 Å². The Hall–Kier alpha value is -3.34. The van der Waals surface area contributed by atoms with E-state index in [0.717, 1.165) is 40.3 Å². The number of benzene rings is 1. The summed E-state index contributed by atoms with van der Waals surface area (Å²) in [5.41, 5.74) is -1.07. The number of aromatic nitrogens is 2. The number of aryl methyl sites for hydroxylation is 1. The molecule has 0 radical (unpaired) electrons. The number of hydrogen-bond acceptors (Lipinski definition) is 4. The number of amides is 1. The van der Waals surface area contributed by atoms with E-state index >= 15 is 0 Å². The molecule has 1 aromatic carbocycles. The van der Waals surface area contributed by atoms with E-state index in [0.29, 0.717) is 6.07 Å². The summed E-state index contributed by atoms with van der Waals surface area (Å²) in [5, 5.41) is -0.429. The van der Waals surface area contributed by atoms with Gasteiger partial charge in [-0.2, -0.15) is 13.2 Å². The molecule has 12 heteroatoms. The van der Waals surface area contributed by atoms with Crippen LogP contribution in [0.1, 0.15) is 16.8 Å². The second-order valence-electron chi connectivity index (χ2n) is 7.69. The minimum absolute atomic E-state index is 0.0244. The van der Waals surface area contributed by atoms with Crippen LogP contribution in [0.4, 0.5) is 43.7 Å². The lowest BCUT2D eigenvalue weighted by Crippen LogP contribution is -2.45. The lowest BCUT2D eigenvalue weighted by molar-refractivity contribution is -0.137. The van der Waals surface area contributed by atoms with E-state index in [2.05, 4.69) is 9.97 Å². The highest BCUT2D eigenvalue weighted by Gasteiger charge is 2.41. The second-order valence-corrected chi connectivity index (χ2v) is 8.10. The highest BCUT2D eigenvalue weighted by Crippen LogP contribution is 2.40. The SMILES string of the molecule is Cc1cc(C(F)(F)F)cc(N2c3ncc(F)cc3CC2C(=O)N(C)c2cc(Cl)c(F)cc2F)n1.